The Morgan fingerprint density at radius 2 is 1.76 bits per heavy atom. The van der Waals surface area contributed by atoms with Gasteiger partial charge in [0.15, 0.2) is 5.69 Å². The number of rotatable bonds is 8. The molecule has 0 radical (unpaired) electrons. The average molecular weight is 660 g/mol. The molecule has 1 aromatic carbocycles. The first-order valence-corrected chi connectivity index (χ1v) is 16.2. The Balaban J connectivity index is 1.07. The second-order valence-electron chi connectivity index (χ2n) is 12.4. The van der Waals surface area contributed by atoms with E-state index in [1.165, 1.54) is 6.20 Å². The highest BCUT2D eigenvalue weighted by molar-refractivity contribution is 6.30. The van der Waals surface area contributed by atoms with Crippen LogP contribution in [0.5, 0.6) is 0 Å². The molecule has 0 bridgehead atoms. The van der Waals surface area contributed by atoms with Crippen molar-refractivity contribution < 1.29 is 32.3 Å². The van der Waals surface area contributed by atoms with Crippen LogP contribution in [0.2, 0.25) is 5.02 Å². The molecule has 1 saturated carbocycles. The number of piperazine rings is 1. The first kappa shape index (κ1) is 32.3. The maximum Gasteiger partial charge on any atom is 0.437 e. The Hall–Kier alpha value is -3.64. The minimum absolute atomic E-state index is 0.0271. The molecule has 9 nitrogen and oxygen atoms in total. The van der Waals surface area contributed by atoms with Crippen molar-refractivity contribution in [2.24, 2.45) is 5.92 Å². The normalized spacial score (nSPS) is 20.3. The van der Waals surface area contributed by atoms with Gasteiger partial charge < -0.3 is 24.2 Å². The lowest BCUT2D eigenvalue weighted by Gasteiger charge is -2.37. The summed E-state index contributed by atoms with van der Waals surface area (Å²) < 4.78 is 47.3. The maximum atomic E-state index is 13.9. The van der Waals surface area contributed by atoms with Crippen LogP contribution < -0.4 is 9.80 Å². The monoisotopic (exact) mass is 659 g/mol. The van der Waals surface area contributed by atoms with Crippen LogP contribution in [-0.4, -0.2) is 77.0 Å². The predicted molar refractivity (Wildman–Crippen MR) is 166 cm³/mol. The number of carbonyl (C=O) groups is 2. The summed E-state index contributed by atoms with van der Waals surface area (Å²) in [4.78, 5) is 39.5. The molecule has 46 heavy (non-hydrogen) atoms. The Morgan fingerprint density at radius 1 is 1.00 bits per heavy atom. The molecule has 1 unspecified atom stereocenters. The van der Waals surface area contributed by atoms with Crippen LogP contribution in [0.3, 0.4) is 0 Å². The van der Waals surface area contributed by atoms with E-state index in [9.17, 15) is 27.9 Å². The third-order valence-corrected chi connectivity index (χ3v) is 9.59. The van der Waals surface area contributed by atoms with Crippen molar-refractivity contribution in [2.45, 2.75) is 63.1 Å². The van der Waals surface area contributed by atoms with Gasteiger partial charge in [-0.15, -0.1) is 0 Å². The Labute approximate surface area is 270 Å². The predicted octanol–water partition coefficient (Wildman–Crippen LogP) is 5.75. The van der Waals surface area contributed by atoms with Gasteiger partial charge >= 0.3 is 6.18 Å². The summed E-state index contributed by atoms with van der Waals surface area (Å²) in [5.41, 5.74) is 0.0874. The number of ketones is 1. The molecule has 3 fully saturated rings. The van der Waals surface area contributed by atoms with Crippen LogP contribution in [0.4, 0.5) is 25.0 Å². The second kappa shape index (κ2) is 13.6. The number of anilines is 2. The summed E-state index contributed by atoms with van der Waals surface area (Å²) in [5, 5.41) is 11.2. The summed E-state index contributed by atoms with van der Waals surface area (Å²) in [6.07, 6.45) is 0.992. The fourth-order valence-corrected chi connectivity index (χ4v) is 6.96. The highest BCUT2D eigenvalue weighted by atomic mass is 35.5. The molecule has 2 atom stereocenters. The van der Waals surface area contributed by atoms with Crippen LogP contribution in [0.1, 0.15) is 71.8 Å². The van der Waals surface area contributed by atoms with Crippen molar-refractivity contribution in [1.29, 1.82) is 0 Å². The fraction of sp³-hybridized carbons (Fsp3) is 0.515. The number of nitrogens with zero attached hydrogens (tertiary/aromatic N) is 5. The van der Waals surface area contributed by atoms with Gasteiger partial charge in [0.05, 0.1) is 0 Å². The van der Waals surface area contributed by atoms with Gasteiger partial charge in [0.2, 0.25) is 11.5 Å². The number of amides is 1. The quantitative estimate of drug-likeness (QED) is 0.305. The number of carbonyl (C=O) groups excluding carboxylic acids is 2. The molecule has 1 N–H and O–H groups in total. The summed E-state index contributed by atoms with van der Waals surface area (Å²) in [6, 6.07) is 10.5. The van der Waals surface area contributed by atoms with Crippen molar-refractivity contribution in [3.05, 3.63) is 70.2 Å². The number of benzene rings is 1. The van der Waals surface area contributed by atoms with Crippen LogP contribution in [0.25, 0.3) is 0 Å². The number of halogens is 4. The number of hydrogen-bond donors (Lipinski definition) is 1. The van der Waals surface area contributed by atoms with Gasteiger partial charge in [-0.25, -0.2) is 4.98 Å². The minimum atomic E-state index is -4.86. The molecule has 2 aliphatic heterocycles. The zero-order valence-corrected chi connectivity index (χ0v) is 26.1. The molecule has 2 aromatic heterocycles. The van der Waals surface area contributed by atoms with Crippen molar-refractivity contribution in [3.63, 3.8) is 0 Å². The Bertz CT molecular complexity index is 1530. The van der Waals surface area contributed by atoms with E-state index < -0.39 is 29.5 Å². The third-order valence-electron chi connectivity index (χ3n) is 9.35. The summed E-state index contributed by atoms with van der Waals surface area (Å²) >= 11 is 6.11. The number of Topliss-reactive ketones (excluding diaryl/α,β-unsaturated/α-hetero) is 1. The lowest BCUT2D eigenvalue weighted by atomic mass is 9.85. The number of aromatic nitrogens is 2. The SMILES string of the molecule is O=C(Cc1ccc(N2CCN(C(=O)[C@H](O)C3CCCCC3)CC2)nc1)c1oc(N2CCC(c3cccc(Cl)c3)C2)nc1C(F)(F)F. The lowest BCUT2D eigenvalue weighted by Crippen LogP contribution is -2.53. The topological polar surface area (TPSA) is 103 Å². The molecule has 6 rings (SSSR count). The molecule has 4 heterocycles. The van der Waals surface area contributed by atoms with E-state index in [-0.39, 0.29) is 30.2 Å². The molecule has 2 saturated heterocycles. The van der Waals surface area contributed by atoms with E-state index in [1.54, 1.807) is 28.0 Å². The van der Waals surface area contributed by atoms with Gasteiger partial charge in [0.25, 0.3) is 11.9 Å². The second-order valence-corrected chi connectivity index (χ2v) is 12.9. The summed E-state index contributed by atoms with van der Waals surface area (Å²) in [7, 11) is 0. The summed E-state index contributed by atoms with van der Waals surface area (Å²) in [6.45, 7) is 2.78. The van der Waals surface area contributed by atoms with E-state index in [0.29, 0.717) is 62.1 Å². The Morgan fingerprint density at radius 3 is 2.43 bits per heavy atom. The molecule has 13 heteroatoms. The zero-order valence-electron chi connectivity index (χ0n) is 25.4. The standard InChI is InChI=1S/C33H37ClF3N5O4/c34-25-8-4-7-23(18-25)24-11-12-42(20-24)32-39-30(33(35,36)37)29(46-32)26(43)17-21-9-10-27(38-19-21)40-13-15-41(16-14-40)31(45)28(44)22-5-2-1-3-6-22/h4,7-10,18-19,22,24,28,44H,1-3,5-6,11-17,20H2/t24?,28-/m1/s1. The molecule has 0 spiro atoms. The summed E-state index contributed by atoms with van der Waals surface area (Å²) in [5.74, 6) is -1.16. The molecule has 246 valence electrons. The van der Waals surface area contributed by atoms with E-state index in [4.69, 9.17) is 16.0 Å². The molecule has 3 aliphatic rings. The van der Waals surface area contributed by atoms with Gasteiger partial charge in [-0.3, -0.25) is 9.59 Å². The number of aliphatic hydroxyl groups is 1. The first-order chi connectivity index (χ1) is 22.1. The molecule has 1 amide bonds. The van der Waals surface area contributed by atoms with Gasteiger partial charge in [0.1, 0.15) is 11.9 Å². The Kier molecular flexibility index (Phi) is 9.56. The number of pyridine rings is 1. The average Bonchev–Trinajstić information content (AvgIpc) is 3.74. The van der Waals surface area contributed by atoms with Crippen molar-refractivity contribution >= 4 is 35.1 Å². The van der Waals surface area contributed by atoms with Crippen molar-refractivity contribution in [3.8, 4) is 0 Å². The minimum Gasteiger partial charge on any atom is -0.420 e. The van der Waals surface area contributed by atoms with E-state index in [2.05, 4.69) is 9.97 Å². The highest BCUT2D eigenvalue weighted by Crippen LogP contribution is 2.37. The molecular weight excluding hydrogens is 623 g/mol. The van der Waals surface area contributed by atoms with Crippen molar-refractivity contribution in [1.82, 2.24) is 14.9 Å². The fourth-order valence-electron chi connectivity index (χ4n) is 6.76. The zero-order chi connectivity index (χ0) is 32.4. The number of oxazole rings is 1. The molecular formula is C33H37ClF3N5O4. The smallest absolute Gasteiger partial charge is 0.420 e. The van der Waals surface area contributed by atoms with Crippen LogP contribution in [-0.2, 0) is 17.4 Å². The lowest BCUT2D eigenvalue weighted by molar-refractivity contribution is -0.144. The van der Waals surface area contributed by atoms with E-state index in [0.717, 1.165) is 37.7 Å². The van der Waals surface area contributed by atoms with E-state index >= 15 is 0 Å². The van der Waals surface area contributed by atoms with Gasteiger partial charge in [-0.05, 0) is 54.5 Å². The maximum absolute atomic E-state index is 13.9. The molecule has 3 aromatic rings. The molecule has 1 aliphatic carbocycles. The van der Waals surface area contributed by atoms with Gasteiger partial charge in [-0.2, -0.15) is 18.2 Å². The first-order valence-electron chi connectivity index (χ1n) is 15.8. The van der Waals surface area contributed by atoms with Crippen molar-refractivity contribution in [2.75, 3.05) is 49.1 Å². The van der Waals surface area contributed by atoms with Gasteiger partial charge in [-0.1, -0.05) is 49.1 Å². The van der Waals surface area contributed by atoms with E-state index in [1.807, 2.05) is 23.1 Å². The highest BCUT2D eigenvalue weighted by Gasteiger charge is 2.42. The largest absolute Gasteiger partial charge is 0.437 e. The van der Waals surface area contributed by atoms with Crippen LogP contribution >= 0.6 is 11.6 Å². The number of alkyl halides is 3. The number of hydrogen-bond acceptors (Lipinski definition) is 8. The van der Waals surface area contributed by atoms with Crippen LogP contribution in [0, 0.1) is 5.92 Å². The van der Waals surface area contributed by atoms with Crippen LogP contribution in [0.15, 0.2) is 47.0 Å². The van der Waals surface area contributed by atoms with Gasteiger partial charge in [0, 0.05) is 62.8 Å². The number of aliphatic hydroxyl groups excluding tert-OH is 1. The third kappa shape index (κ3) is 7.17.